The van der Waals surface area contributed by atoms with Crippen LogP contribution in [0.4, 0.5) is 0 Å². The zero-order valence-electron chi connectivity index (χ0n) is 24.9. The Hall–Kier alpha value is -6.12. The highest BCUT2D eigenvalue weighted by molar-refractivity contribution is 6.25. The highest BCUT2D eigenvalue weighted by Gasteiger charge is 2.22. The lowest BCUT2D eigenvalue weighted by Gasteiger charge is -2.22. The number of rotatable bonds is 3. The van der Waals surface area contributed by atoms with Crippen LogP contribution in [-0.2, 0) is 0 Å². The Bertz CT molecular complexity index is 2660. The summed E-state index contributed by atoms with van der Waals surface area (Å²) in [6.07, 6.45) is 0. The van der Waals surface area contributed by atoms with Gasteiger partial charge < -0.3 is 9.30 Å². The van der Waals surface area contributed by atoms with Crippen LogP contribution >= 0.6 is 0 Å². The Balaban J connectivity index is 1.24. The molecule has 0 saturated heterocycles. The molecular weight excluding hydrogens is 558 g/mol. The second-order valence-electron chi connectivity index (χ2n) is 12.1. The molecule has 0 aliphatic carbocycles. The van der Waals surface area contributed by atoms with Crippen LogP contribution in [-0.4, -0.2) is 4.57 Å². The van der Waals surface area contributed by atoms with Gasteiger partial charge >= 0.3 is 0 Å². The highest BCUT2D eigenvalue weighted by Crippen LogP contribution is 2.49. The fourth-order valence-electron chi connectivity index (χ4n) is 7.62. The molecule has 10 rings (SSSR count). The van der Waals surface area contributed by atoms with Crippen molar-refractivity contribution in [2.24, 2.45) is 0 Å². The minimum Gasteiger partial charge on any atom is -0.456 e. The molecule has 1 aromatic heterocycles. The van der Waals surface area contributed by atoms with Crippen molar-refractivity contribution < 1.29 is 4.74 Å². The third-order valence-electron chi connectivity index (χ3n) is 9.58. The average molecular weight is 586 g/mol. The van der Waals surface area contributed by atoms with Crippen molar-refractivity contribution in [3.05, 3.63) is 164 Å². The number of para-hydroxylation sites is 2. The normalized spacial score (nSPS) is 12.1. The van der Waals surface area contributed by atoms with E-state index >= 15 is 0 Å². The summed E-state index contributed by atoms with van der Waals surface area (Å²) >= 11 is 0. The summed E-state index contributed by atoms with van der Waals surface area (Å²) in [5, 5.41) is 7.42. The maximum absolute atomic E-state index is 6.44. The monoisotopic (exact) mass is 585 g/mol. The second kappa shape index (κ2) is 9.69. The highest BCUT2D eigenvalue weighted by atomic mass is 16.5. The van der Waals surface area contributed by atoms with Crippen LogP contribution in [0.3, 0.4) is 0 Å². The molecule has 2 nitrogen and oxygen atoms in total. The van der Waals surface area contributed by atoms with Crippen molar-refractivity contribution in [1.82, 2.24) is 4.57 Å². The molecule has 214 valence electrons. The van der Waals surface area contributed by atoms with E-state index in [9.17, 15) is 0 Å². The van der Waals surface area contributed by atoms with E-state index in [2.05, 4.69) is 168 Å². The molecule has 0 radical (unpaired) electrons. The van der Waals surface area contributed by atoms with Crippen molar-refractivity contribution in [3.8, 4) is 50.6 Å². The molecule has 0 N–H and O–H groups in total. The Morgan fingerprint density at radius 2 is 1.04 bits per heavy atom. The van der Waals surface area contributed by atoms with Crippen molar-refractivity contribution in [2.45, 2.75) is 0 Å². The van der Waals surface area contributed by atoms with Gasteiger partial charge in [-0.2, -0.15) is 0 Å². The summed E-state index contributed by atoms with van der Waals surface area (Å²) in [5.74, 6) is 1.82. The SMILES string of the molecule is c1ccc(-n2c3ccccc3c3c4c(-c5ccccc5-c5ccc6c(c5)-c5cccc7cccc(c57)O6)cccc4ccc32)cc1. The number of aromatic nitrogens is 1. The summed E-state index contributed by atoms with van der Waals surface area (Å²) in [6, 6.07) is 59.0. The van der Waals surface area contributed by atoms with Gasteiger partial charge in [0.25, 0.3) is 0 Å². The lowest BCUT2D eigenvalue weighted by molar-refractivity contribution is 0.487. The molecule has 2 heterocycles. The summed E-state index contributed by atoms with van der Waals surface area (Å²) in [7, 11) is 0. The first-order valence-corrected chi connectivity index (χ1v) is 15.8. The lowest BCUT2D eigenvalue weighted by atomic mass is 9.88. The van der Waals surface area contributed by atoms with Crippen LogP contribution in [0.25, 0.3) is 82.4 Å². The molecular formula is C44H27NO. The Morgan fingerprint density at radius 1 is 0.370 bits per heavy atom. The van der Waals surface area contributed by atoms with E-state index in [1.807, 2.05) is 0 Å². The largest absolute Gasteiger partial charge is 0.456 e. The zero-order chi connectivity index (χ0) is 30.2. The molecule has 0 amide bonds. The lowest BCUT2D eigenvalue weighted by Crippen LogP contribution is -1.97. The topological polar surface area (TPSA) is 14.2 Å². The van der Waals surface area contributed by atoms with Gasteiger partial charge in [0.15, 0.2) is 0 Å². The average Bonchev–Trinajstić information content (AvgIpc) is 3.46. The van der Waals surface area contributed by atoms with Crippen LogP contribution in [0.5, 0.6) is 11.5 Å². The van der Waals surface area contributed by atoms with E-state index in [1.54, 1.807) is 0 Å². The third kappa shape index (κ3) is 3.59. The smallest absolute Gasteiger partial charge is 0.135 e. The molecule has 0 unspecified atom stereocenters. The van der Waals surface area contributed by atoms with E-state index in [0.29, 0.717) is 0 Å². The molecule has 1 aliphatic heterocycles. The van der Waals surface area contributed by atoms with Gasteiger partial charge in [0.05, 0.1) is 11.0 Å². The first kappa shape index (κ1) is 25.2. The number of hydrogen-bond acceptors (Lipinski definition) is 1. The van der Waals surface area contributed by atoms with Crippen LogP contribution in [0.15, 0.2) is 164 Å². The molecule has 0 saturated carbocycles. The summed E-state index contributed by atoms with van der Waals surface area (Å²) < 4.78 is 8.84. The molecule has 9 aromatic rings. The Labute approximate surface area is 266 Å². The van der Waals surface area contributed by atoms with Crippen LogP contribution < -0.4 is 4.74 Å². The van der Waals surface area contributed by atoms with Gasteiger partial charge in [-0.25, -0.2) is 0 Å². The molecule has 0 atom stereocenters. The predicted octanol–water partition coefficient (Wildman–Crippen LogP) is 12.2. The number of hydrogen-bond donors (Lipinski definition) is 0. The van der Waals surface area contributed by atoms with Crippen molar-refractivity contribution in [2.75, 3.05) is 0 Å². The molecule has 1 aliphatic rings. The van der Waals surface area contributed by atoms with E-state index in [-0.39, 0.29) is 0 Å². The van der Waals surface area contributed by atoms with E-state index in [1.165, 1.54) is 76.9 Å². The van der Waals surface area contributed by atoms with Crippen LogP contribution in [0, 0.1) is 0 Å². The molecule has 8 aromatic carbocycles. The number of ether oxygens (including phenoxy) is 1. The summed E-state index contributed by atoms with van der Waals surface area (Å²) in [6.45, 7) is 0. The molecule has 0 spiro atoms. The van der Waals surface area contributed by atoms with Gasteiger partial charge in [0.2, 0.25) is 0 Å². The quantitative estimate of drug-likeness (QED) is 0.201. The standard InChI is InChI=1S/C44H27NO/c1-2-14-31(15-3-1)45-38-21-7-6-18-36(38)44-39(45)25-23-29-12-9-19-34(43(29)44)33-17-5-4-16-32(33)30-24-26-40-37(27-30)35-20-8-11-28-13-10-22-41(46-40)42(28)35/h1-27H. The van der Waals surface area contributed by atoms with E-state index in [4.69, 9.17) is 4.74 Å². The number of benzene rings is 8. The molecule has 46 heavy (non-hydrogen) atoms. The van der Waals surface area contributed by atoms with Crippen molar-refractivity contribution in [3.63, 3.8) is 0 Å². The van der Waals surface area contributed by atoms with E-state index < -0.39 is 0 Å². The second-order valence-corrected chi connectivity index (χ2v) is 12.1. The first-order chi connectivity index (χ1) is 22.8. The fourth-order valence-corrected chi connectivity index (χ4v) is 7.62. The molecule has 0 bridgehead atoms. The Kier molecular flexibility index (Phi) is 5.31. The van der Waals surface area contributed by atoms with Gasteiger partial charge in [-0.15, -0.1) is 0 Å². The van der Waals surface area contributed by atoms with Gasteiger partial charge in [0.1, 0.15) is 11.5 Å². The summed E-state index contributed by atoms with van der Waals surface area (Å²) in [5.41, 5.74) is 10.8. The van der Waals surface area contributed by atoms with Crippen molar-refractivity contribution in [1.29, 1.82) is 0 Å². The number of nitrogens with zero attached hydrogens (tertiary/aromatic N) is 1. The molecule has 2 heteroatoms. The van der Waals surface area contributed by atoms with Gasteiger partial charge in [-0.05, 0) is 86.4 Å². The predicted molar refractivity (Wildman–Crippen MR) is 192 cm³/mol. The van der Waals surface area contributed by atoms with Gasteiger partial charge in [-0.1, -0.05) is 121 Å². The van der Waals surface area contributed by atoms with Crippen LogP contribution in [0.2, 0.25) is 0 Å². The zero-order valence-corrected chi connectivity index (χ0v) is 24.9. The van der Waals surface area contributed by atoms with Crippen LogP contribution in [0.1, 0.15) is 0 Å². The van der Waals surface area contributed by atoms with Gasteiger partial charge in [-0.3, -0.25) is 0 Å². The molecule has 0 fully saturated rings. The van der Waals surface area contributed by atoms with Crippen molar-refractivity contribution >= 4 is 43.4 Å². The summed E-state index contributed by atoms with van der Waals surface area (Å²) in [4.78, 5) is 0. The third-order valence-corrected chi connectivity index (χ3v) is 9.58. The number of fused-ring (bicyclic) bond motifs is 7. The minimum atomic E-state index is 0.896. The van der Waals surface area contributed by atoms with Gasteiger partial charge in [0, 0.05) is 27.4 Å². The fraction of sp³-hybridized carbons (Fsp3) is 0. The maximum atomic E-state index is 6.44. The maximum Gasteiger partial charge on any atom is 0.135 e. The Morgan fingerprint density at radius 3 is 1.89 bits per heavy atom. The minimum absolute atomic E-state index is 0.896. The van der Waals surface area contributed by atoms with E-state index in [0.717, 1.165) is 17.1 Å². The first-order valence-electron chi connectivity index (χ1n) is 15.8.